The molecule has 0 aliphatic heterocycles. The van der Waals surface area contributed by atoms with E-state index < -0.39 is 34.1 Å². The first-order chi connectivity index (χ1) is 15.6. The molecule has 0 bridgehead atoms. The van der Waals surface area contributed by atoms with Crippen molar-refractivity contribution in [2.75, 3.05) is 17.1 Å². The van der Waals surface area contributed by atoms with Crippen LogP contribution >= 0.6 is 23.2 Å². The molecule has 0 spiro atoms. The third kappa shape index (κ3) is 7.61. The van der Waals surface area contributed by atoms with Gasteiger partial charge >= 0.3 is 0 Å². The van der Waals surface area contributed by atoms with Crippen molar-refractivity contribution < 1.29 is 18.0 Å². The van der Waals surface area contributed by atoms with Gasteiger partial charge in [-0.1, -0.05) is 47.5 Å². The lowest BCUT2D eigenvalue weighted by atomic mass is 10.1. The molecule has 0 saturated heterocycles. The van der Waals surface area contributed by atoms with Crippen LogP contribution in [0.3, 0.4) is 0 Å². The number of nitrogens with one attached hydrogen (secondary N) is 1. The zero-order chi connectivity index (χ0) is 25.8. The van der Waals surface area contributed by atoms with Crippen molar-refractivity contribution in [3.05, 3.63) is 63.6 Å². The topological polar surface area (TPSA) is 86.8 Å². The SMILES string of the molecule is Cc1ccccc1CN(C(=O)CN(c1ccc(Cl)cc1Cl)S(C)(=O)=O)[C@H](C)C(=O)NC(C)(C)C. The summed E-state index contributed by atoms with van der Waals surface area (Å²) in [7, 11) is -3.88. The number of anilines is 1. The number of carbonyl (C=O) groups excluding carboxylic acids is 2. The summed E-state index contributed by atoms with van der Waals surface area (Å²) in [6.07, 6.45) is 0.993. The number of benzene rings is 2. The Kier molecular flexibility index (Phi) is 9.02. The molecule has 186 valence electrons. The second kappa shape index (κ2) is 11.0. The van der Waals surface area contributed by atoms with Crippen LogP contribution in [-0.2, 0) is 26.2 Å². The van der Waals surface area contributed by atoms with Crippen LogP contribution < -0.4 is 9.62 Å². The summed E-state index contributed by atoms with van der Waals surface area (Å²) in [6, 6.07) is 11.0. The smallest absolute Gasteiger partial charge is 0.244 e. The highest BCUT2D eigenvalue weighted by molar-refractivity contribution is 7.92. The summed E-state index contributed by atoms with van der Waals surface area (Å²) in [4.78, 5) is 27.9. The number of hydrogen-bond acceptors (Lipinski definition) is 4. The van der Waals surface area contributed by atoms with Crippen molar-refractivity contribution in [1.82, 2.24) is 10.2 Å². The van der Waals surface area contributed by atoms with Gasteiger partial charge in [0.15, 0.2) is 0 Å². The second-order valence-electron chi connectivity index (χ2n) is 9.23. The summed E-state index contributed by atoms with van der Waals surface area (Å²) < 4.78 is 26.2. The van der Waals surface area contributed by atoms with Crippen molar-refractivity contribution in [3.8, 4) is 0 Å². The molecule has 0 aromatic heterocycles. The van der Waals surface area contributed by atoms with Gasteiger partial charge in [0.1, 0.15) is 12.6 Å². The molecule has 34 heavy (non-hydrogen) atoms. The summed E-state index contributed by atoms with van der Waals surface area (Å²) in [5.74, 6) is -0.888. The highest BCUT2D eigenvalue weighted by Crippen LogP contribution is 2.30. The van der Waals surface area contributed by atoms with E-state index in [4.69, 9.17) is 23.2 Å². The number of rotatable bonds is 8. The lowest BCUT2D eigenvalue weighted by Gasteiger charge is -2.33. The van der Waals surface area contributed by atoms with E-state index >= 15 is 0 Å². The standard InChI is InChI=1S/C24H31Cl2N3O4S/c1-16-9-7-8-10-18(16)14-28(17(2)23(31)27-24(3,4)5)22(30)15-29(34(6,32)33)21-12-11-19(25)13-20(21)26/h7-13,17H,14-15H2,1-6H3,(H,27,31)/t17-/m1/s1. The predicted molar refractivity (Wildman–Crippen MR) is 138 cm³/mol. The normalized spacial score (nSPS) is 12.7. The number of halogens is 2. The fourth-order valence-corrected chi connectivity index (χ4v) is 4.73. The van der Waals surface area contributed by atoms with Gasteiger partial charge in [0, 0.05) is 17.1 Å². The molecule has 0 saturated carbocycles. The van der Waals surface area contributed by atoms with Gasteiger partial charge in [0.25, 0.3) is 0 Å². The number of nitrogens with zero attached hydrogens (tertiary/aromatic N) is 2. The van der Waals surface area contributed by atoms with Gasteiger partial charge < -0.3 is 10.2 Å². The number of amides is 2. The minimum atomic E-state index is -3.88. The molecular formula is C24H31Cl2N3O4S. The Balaban J connectivity index is 2.45. The number of aryl methyl sites for hydroxylation is 1. The Bertz CT molecular complexity index is 1160. The van der Waals surface area contributed by atoms with Crippen LogP contribution in [0.15, 0.2) is 42.5 Å². The molecule has 0 radical (unpaired) electrons. The molecule has 0 aliphatic carbocycles. The fraction of sp³-hybridized carbons (Fsp3) is 0.417. The van der Waals surface area contributed by atoms with E-state index in [9.17, 15) is 18.0 Å². The first-order valence-electron chi connectivity index (χ1n) is 10.7. The maximum Gasteiger partial charge on any atom is 0.244 e. The van der Waals surface area contributed by atoms with Gasteiger partial charge in [-0.3, -0.25) is 13.9 Å². The lowest BCUT2D eigenvalue weighted by Crippen LogP contribution is -2.54. The second-order valence-corrected chi connectivity index (χ2v) is 12.0. The molecule has 0 fully saturated rings. The molecule has 0 unspecified atom stereocenters. The van der Waals surface area contributed by atoms with Gasteiger partial charge in [-0.05, 0) is 63.9 Å². The fourth-order valence-electron chi connectivity index (χ4n) is 3.31. The van der Waals surface area contributed by atoms with Crippen LogP contribution in [0.25, 0.3) is 0 Å². The summed E-state index contributed by atoms with van der Waals surface area (Å²) in [5.41, 5.74) is 1.42. The van der Waals surface area contributed by atoms with E-state index in [1.807, 2.05) is 52.0 Å². The van der Waals surface area contributed by atoms with E-state index in [-0.39, 0.29) is 23.2 Å². The molecule has 1 atom stereocenters. The Labute approximate surface area is 212 Å². The van der Waals surface area contributed by atoms with Crippen molar-refractivity contribution in [1.29, 1.82) is 0 Å². The van der Waals surface area contributed by atoms with Crippen LogP contribution in [0.5, 0.6) is 0 Å². The molecule has 2 rings (SSSR count). The van der Waals surface area contributed by atoms with Crippen molar-refractivity contribution >= 4 is 50.7 Å². The molecule has 0 heterocycles. The maximum atomic E-state index is 13.5. The van der Waals surface area contributed by atoms with E-state index in [0.29, 0.717) is 5.02 Å². The van der Waals surface area contributed by atoms with Gasteiger partial charge in [0.2, 0.25) is 21.8 Å². The molecule has 0 aliphatic rings. The zero-order valence-electron chi connectivity index (χ0n) is 20.2. The summed E-state index contributed by atoms with van der Waals surface area (Å²) in [6.45, 7) is 8.68. The molecule has 2 amide bonds. The zero-order valence-corrected chi connectivity index (χ0v) is 22.6. The monoisotopic (exact) mass is 527 g/mol. The molecule has 2 aromatic rings. The number of hydrogen-bond donors (Lipinski definition) is 1. The van der Waals surface area contributed by atoms with E-state index in [0.717, 1.165) is 21.7 Å². The third-order valence-electron chi connectivity index (χ3n) is 5.13. The highest BCUT2D eigenvalue weighted by atomic mass is 35.5. The average molecular weight is 529 g/mol. The van der Waals surface area contributed by atoms with E-state index in [1.165, 1.54) is 23.1 Å². The van der Waals surface area contributed by atoms with Crippen molar-refractivity contribution in [2.45, 2.75) is 52.7 Å². The first-order valence-corrected chi connectivity index (χ1v) is 13.3. The van der Waals surface area contributed by atoms with Gasteiger partial charge in [-0.25, -0.2) is 8.42 Å². The van der Waals surface area contributed by atoms with Crippen molar-refractivity contribution in [2.24, 2.45) is 0 Å². The van der Waals surface area contributed by atoms with E-state index in [1.54, 1.807) is 6.92 Å². The Morgan fingerprint density at radius 2 is 1.71 bits per heavy atom. The minimum Gasteiger partial charge on any atom is -0.350 e. The Morgan fingerprint density at radius 1 is 1.09 bits per heavy atom. The van der Waals surface area contributed by atoms with Gasteiger partial charge in [0.05, 0.1) is 17.0 Å². The first kappa shape index (κ1) is 28.0. The molecule has 7 nitrogen and oxygen atoms in total. The molecule has 2 aromatic carbocycles. The third-order valence-corrected chi connectivity index (χ3v) is 6.79. The van der Waals surface area contributed by atoms with Crippen LogP contribution in [-0.4, -0.2) is 49.5 Å². The van der Waals surface area contributed by atoms with Crippen LogP contribution in [0.4, 0.5) is 5.69 Å². The quantitative estimate of drug-likeness (QED) is 0.551. The number of carbonyl (C=O) groups is 2. The van der Waals surface area contributed by atoms with Crippen LogP contribution in [0.1, 0.15) is 38.8 Å². The van der Waals surface area contributed by atoms with Crippen LogP contribution in [0.2, 0.25) is 10.0 Å². The van der Waals surface area contributed by atoms with Gasteiger partial charge in [-0.15, -0.1) is 0 Å². The summed E-state index contributed by atoms with van der Waals surface area (Å²) in [5, 5.41) is 3.31. The van der Waals surface area contributed by atoms with Crippen LogP contribution in [0, 0.1) is 6.92 Å². The minimum absolute atomic E-state index is 0.0923. The average Bonchev–Trinajstić information content (AvgIpc) is 2.69. The predicted octanol–water partition coefficient (Wildman–Crippen LogP) is 4.40. The lowest BCUT2D eigenvalue weighted by molar-refractivity contribution is -0.140. The Hall–Kier alpha value is -2.29. The van der Waals surface area contributed by atoms with E-state index in [2.05, 4.69) is 5.32 Å². The molecular weight excluding hydrogens is 497 g/mol. The Morgan fingerprint density at radius 3 is 2.24 bits per heavy atom. The molecule has 10 heteroatoms. The molecule has 1 N–H and O–H groups in total. The summed E-state index contributed by atoms with van der Waals surface area (Å²) >= 11 is 12.2. The maximum absolute atomic E-state index is 13.5. The van der Waals surface area contributed by atoms with Gasteiger partial charge in [-0.2, -0.15) is 0 Å². The largest absolute Gasteiger partial charge is 0.350 e. The number of sulfonamides is 1. The highest BCUT2D eigenvalue weighted by Gasteiger charge is 2.32. The van der Waals surface area contributed by atoms with Crippen molar-refractivity contribution in [3.63, 3.8) is 0 Å².